The van der Waals surface area contributed by atoms with Crippen molar-refractivity contribution in [3.8, 4) is 11.8 Å². The van der Waals surface area contributed by atoms with Crippen molar-refractivity contribution in [2.45, 2.75) is 72.1 Å². The minimum absolute atomic E-state index is 0.0916. The number of benzene rings is 1. The number of aryl methyl sites for hydroxylation is 1. The third kappa shape index (κ3) is 4.89. The Balaban J connectivity index is 1.83. The van der Waals surface area contributed by atoms with Crippen LogP contribution in [0.25, 0.3) is 27.6 Å². The Bertz CT molecular complexity index is 1650. The summed E-state index contributed by atoms with van der Waals surface area (Å²) in [5, 5.41) is 28.2. The van der Waals surface area contributed by atoms with Gasteiger partial charge in [-0.3, -0.25) is 9.88 Å². The largest absolute Gasteiger partial charge is 0.444 e. The van der Waals surface area contributed by atoms with E-state index < -0.39 is 17.5 Å². The number of hydrogen-bond acceptors (Lipinski definition) is 7. The molecular weight excluding hydrogens is 515 g/mol. The maximum absolute atomic E-state index is 15.6. The minimum Gasteiger partial charge on any atom is -0.444 e. The number of aliphatic hydroxyl groups is 1. The molecule has 0 bridgehead atoms. The van der Waals surface area contributed by atoms with Gasteiger partial charge >= 0.3 is 6.09 Å². The van der Waals surface area contributed by atoms with Crippen LogP contribution in [0.5, 0.6) is 0 Å². The zero-order valence-corrected chi connectivity index (χ0v) is 23.3. The first-order valence-electron chi connectivity index (χ1n) is 13.4. The molecule has 0 spiro atoms. The average Bonchev–Trinajstić information content (AvgIpc) is 3.43. The van der Waals surface area contributed by atoms with Crippen molar-refractivity contribution in [2.24, 2.45) is 0 Å². The number of anilines is 1. The molecule has 210 valence electrons. The Hall–Kier alpha value is -4.01. The predicted octanol–water partition coefficient (Wildman–Crippen LogP) is 5.58. The van der Waals surface area contributed by atoms with Crippen LogP contribution in [0.4, 0.5) is 15.0 Å². The van der Waals surface area contributed by atoms with Crippen LogP contribution >= 0.6 is 0 Å². The molecule has 0 aliphatic carbocycles. The Labute approximate surface area is 231 Å². The number of pyridine rings is 1. The predicted molar refractivity (Wildman–Crippen MR) is 148 cm³/mol. The summed E-state index contributed by atoms with van der Waals surface area (Å²) in [4.78, 5) is 17.8. The number of carbonyl (C=O) groups is 1. The minimum atomic E-state index is -0.792. The highest BCUT2D eigenvalue weighted by Crippen LogP contribution is 2.39. The number of nitriles is 1. The van der Waals surface area contributed by atoms with Gasteiger partial charge in [0.05, 0.1) is 17.4 Å². The zero-order valence-electron chi connectivity index (χ0n) is 23.3. The van der Waals surface area contributed by atoms with E-state index in [4.69, 9.17) is 14.5 Å². The van der Waals surface area contributed by atoms with Crippen LogP contribution in [0.15, 0.2) is 18.3 Å². The van der Waals surface area contributed by atoms with Crippen molar-refractivity contribution in [3.63, 3.8) is 0 Å². The monoisotopic (exact) mass is 548 g/mol. The summed E-state index contributed by atoms with van der Waals surface area (Å²) in [6.45, 7) is 9.17. The van der Waals surface area contributed by atoms with E-state index in [1.165, 1.54) is 6.07 Å². The fourth-order valence-corrected chi connectivity index (χ4v) is 5.23. The van der Waals surface area contributed by atoms with E-state index in [2.05, 4.69) is 16.5 Å². The second-order valence-electron chi connectivity index (χ2n) is 11.1. The molecule has 1 aromatic carbocycles. The summed E-state index contributed by atoms with van der Waals surface area (Å²) >= 11 is 0. The second kappa shape index (κ2) is 10.5. The van der Waals surface area contributed by atoms with Crippen LogP contribution in [0.3, 0.4) is 0 Å². The molecule has 0 saturated carbocycles. The van der Waals surface area contributed by atoms with Gasteiger partial charge in [-0.15, -0.1) is 0 Å². The molecule has 3 aromatic heterocycles. The molecule has 0 radical (unpaired) electrons. The first-order valence-corrected chi connectivity index (χ1v) is 13.4. The van der Waals surface area contributed by atoms with Crippen LogP contribution in [0.2, 0.25) is 0 Å². The van der Waals surface area contributed by atoms with Crippen molar-refractivity contribution < 1.29 is 23.8 Å². The lowest BCUT2D eigenvalue weighted by molar-refractivity contribution is -0.0366. The molecule has 1 fully saturated rings. The van der Waals surface area contributed by atoms with Gasteiger partial charge in [-0.05, 0) is 71.9 Å². The third-order valence-electron chi connectivity index (χ3n) is 7.07. The summed E-state index contributed by atoms with van der Waals surface area (Å²) in [6, 6.07) is 5.42. The van der Waals surface area contributed by atoms with Gasteiger partial charge in [-0.1, -0.05) is 0 Å². The topological polar surface area (TPSA) is 127 Å². The number of nitrogens with zero attached hydrogens (tertiary/aromatic N) is 5. The van der Waals surface area contributed by atoms with E-state index in [0.717, 1.165) is 24.8 Å². The first-order chi connectivity index (χ1) is 19.0. The van der Waals surface area contributed by atoms with Gasteiger partial charge in [0.1, 0.15) is 34.5 Å². The van der Waals surface area contributed by atoms with E-state index in [9.17, 15) is 15.2 Å². The van der Waals surface area contributed by atoms with Crippen molar-refractivity contribution in [3.05, 3.63) is 46.5 Å². The second-order valence-corrected chi connectivity index (χ2v) is 11.1. The summed E-state index contributed by atoms with van der Waals surface area (Å²) < 4.78 is 30.4. The maximum Gasteiger partial charge on any atom is 0.413 e. The lowest BCUT2D eigenvalue weighted by Crippen LogP contribution is -2.28. The number of aliphatic hydroxyl groups excluding tert-OH is 1. The molecule has 1 aliphatic heterocycles. The Morgan fingerprint density at radius 1 is 1.30 bits per heavy atom. The molecule has 4 heterocycles. The Morgan fingerprint density at radius 3 is 2.73 bits per heavy atom. The van der Waals surface area contributed by atoms with E-state index >= 15 is 4.39 Å². The fraction of sp³-hybridized carbons (Fsp3) is 0.448. The number of carbonyl (C=O) groups excluding carboxylic acids is 1. The lowest BCUT2D eigenvalue weighted by Gasteiger charge is -2.24. The van der Waals surface area contributed by atoms with Crippen molar-refractivity contribution in [1.82, 2.24) is 19.3 Å². The number of halogens is 1. The summed E-state index contributed by atoms with van der Waals surface area (Å²) in [5.74, 6) is -0.367. The quantitative estimate of drug-likeness (QED) is 0.333. The standard InChI is InChI=1S/C29H33FN6O4/c1-16-22(30)13-23-21(15-32-36(23)24-8-6-7-11-39-24)25(16)35-26-19(12-18(9-10-37)17(2)33-26)20(14-31)27(35)34-28(38)40-29(3,4)5/h12-13,15,24,37H,6-11H2,1-5H3,(H,34,38). The maximum atomic E-state index is 15.6. The molecule has 5 rings (SSSR count). The normalized spacial score (nSPS) is 15.9. The number of ether oxygens (including phenoxy) is 2. The first kappa shape index (κ1) is 27.6. The van der Waals surface area contributed by atoms with Gasteiger partial charge in [-0.25, -0.2) is 18.9 Å². The summed E-state index contributed by atoms with van der Waals surface area (Å²) in [7, 11) is 0. The average molecular weight is 549 g/mol. The van der Waals surface area contributed by atoms with Crippen molar-refractivity contribution in [1.29, 1.82) is 5.26 Å². The molecule has 4 aromatic rings. The van der Waals surface area contributed by atoms with Gasteiger partial charge in [0, 0.05) is 41.3 Å². The molecule has 10 nitrogen and oxygen atoms in total. The van der Waals surface area contributed by atoms with Crippen molar-refractivity contribution >= 4 is 33.8 Å². The van der Waals surface area contributed by atoms with Crippen LogP contribution in [0, 0.1) is 31.0 Å². The van der Waals surface area contributed by atoms with Gasteiger partial charge in [0.2, 0.25) is 0 Å². The summed E-state index contributed by atoms with van der Waals surface area (Å²) in [5.41, 5.74) is 2.34. The Morgan fingerprint density at radius 2 is 2.08 bits per heavy atom. The number of rotatable bonds is 5. The molecular formula is C29H33FN6O4. The van der Waals surface area contributed by atoms with Crippen LogP contribution in [0.1, 0.15) is 68.6 Å². The number of fused-ring (bicyclic) bond motifs is 2. The Kier molecular flexibility index (Phi) is 7.25. The third-order valence-corrected chi connectivity index (χ3v) is 7.07. The van der Waals surface area contributed by atoms with E-state index in [1.54, 1.807) is 56.1 Å². The number of hydrogen-bond donors (Lipinski definition) is 2. The molecule has 11 heteroatoms. The van der Waals surface area contributed by atoms with Crippen LogP contribution in [-0.2, 0) is 15.9 Å². The van der Waals surface area contributed by atoms with Crippen LogP contribution in [-0.4, -0.2) is 49.3 Å². The SMILES string of the molecule is Cc1nc2c(cc1CCO)c(C#N)c(NC(=O)OC(C)(C)C)n2-c1c(C)c(F)cc2c1cnn2C1CCCCO1. The number of aromatic nitrogens is 4. The van der Waals surface area contributed by atoms with E-state index in [1.807, 2.05) is 0 Å². The van der Waals surface area contributed by atoms with Gasteiger partial charge < -0.3 is 14.6 Å². The molecule has 40 heavy (non-hydrogen) atoms. The molecule has 1 atom stereocenters. The van der Waals surface area contributed by atoms with E-state index in [0.29, 0.717) is 51.9 Å². The number of nitrogens with one attached hydrogen (secondary N) is 1. The van der Waals surface area contributed by atoms with Crippen LogP contribution < -0.4 is 5.32 Å². The van der Waals surface area contributed by atoms with Gasteiger partial charge in [0.15, 0.2) is 6.23 Å². The molecule has 2 N–H and O–H groups in total. The van der Waals surface area contributed by atoms with Crippen molar-refractivity contribution in [2.75, 3.05) is 18.5 Å². The molecule has 1 unspecified atom stereocenters. The van der Waals surface area contributed by atoms with Gasteiger partial charge in [-0.2, -0.15) is 10.4 Å². The smallest absolute Gasteiger partial charge is 0.413 e. The number of amides is 1. The molecule has 1 saturated heterocycles. The van der Waals surface area contributed by atoms with Gasteiger partial charge in [0.25, 0.3) is 0 Å². The summed E-state index contributed by atoms with van der Waals surface area (Å²) in [6.07, 6.45) is 3.60. The molecule has 1 aliphatic rings. The fourth-order valence-electron chi connectivity index (χ4n) is 5.23. The highest BCUT2D eigenvalue weighted by molar-refractivity contribution is 6.01. The lowest BCUT2D eigenvalue weighted by atomic mass is 10.1. The highest BCUT2D eigenvalue weighted by atomic mass is 19.1. The zero-order chi connectivity index (χ0) is 28.8. The van der Waals surface area contributed by atoms with E-state index in [-0.39, 0.29) is 24.2 Å². The molecule has 1 amide bonds. The highest BCUT2D eigenvalue weighted by Gasteiger charge is 2.29.